The molecule has 1 unspecified atom stereocenters. The normalized spacial score (nSPS) is 12.5. The summed E-state index contributed by atoms with van der Waals surface area (Å²) >= 11 is 27.8. The Kier molecular flexibility index (Phi) is 5.45. The lowest BCUT2D eigenvalue weighted by Crippen LogP contribution is -1.97. The summed E-state index contributed by atoms with van der Waals surface area (Å²) in [6.07, 6.45) is 0.650. The Balaban J connectivity index is 2.22. The Hall–Kier alpha value is 0.0800. The first-order chi connectivity index (χ1) is 8.97. The number of halogens is 5. The molecule has 0 aliphatic heterocycles. The molecule has 0 fully saturated rings. The Morgan fingerprint density at radius 3 is 2.37 bits per heavy atom. The summed E-state index contributed by atoms with van der Waals surface area (Å²) < 4.78 is 0.942. The van der Waals surface area contributed by atoms with E-state index in [1.54, 1.807) is 6.07 Å². The third-order valence-corrected chi connectivity index (χ3v) is 4.78. The summed E-state index contributed by atoms with van der Waals surface area (Å²) in [5, 5.41) is 1.55. The standard InChI is InChI=1S/C14H9BrCl4/c15-11-3-2-9(16)7-10(11)13(18)5-8-1-4-12(17)14(19)6-8/h1-4,6-7,13H,5H2. The van der Waals surface area contributed by atoms with Crippen molar-refractivity contribution in [3.8, 4) is 0 Å². The van der Waals surface area contributed by atoms with Crippen LogP contribution in [-0.4, -0.2) is 0 Å². The zero-order valence-corrected chi connectivity index (χ0v) is 14.2. The maximum Gasteiger partial charge on any atom is 0.0637 e. The van der Waals surface area contributed by atoms with E-state index < -0.39 is 0 Å². The van der Waals surface area contributed by atoms with Crippen LogP contribution < -0.4 is 0 Å². The van der Waals surface area contributed by atoms with E-state index in [1.165, 1.54) is 0 Å². The number of rotatable bonds is 3. The van der Waals surface area contributed by atoms with E-state index in [1.807, 2.05) is 30.3 Å². The lowest BCUT2D eigenvalue weighted by molar-refractivity contribution is 0.915. The van der Waals surface area contributed by atoms with Gasteiger partial charge in [0.1, 0.15) is 0 Å². The third kappa shape index (κ3) is 4.03. The van der Waals surface area contributed by atoms with Crippen LogP contribution in [0, 0.1) is 0 Å². The number of alkyl halides is 1. The van der Waals surface area contributed by atoms with Gasteiger partial charge in [0.25, 0.3) is 0 Å². The SMILES string of the molecule is Clc1ccc(Br)c(C(Cl)Cc2ccc(Cl)c(Cl)c2)c1. The van der Waals surface area contributed by atoms with Crippen LogP contribution in [0.4, 0.5) is 0 Å². The minimum absolute atomic E-state index is 0.190. The van der Waals surface area contributed by atoms with Crippen molar-refractivity contribution in [3.05, 3.63) is 67.1 Å². The lowest BCUT2D eigenvalue weighted by atomic mass is 10.0. The Labute approximate surface area is 140 Å². The molecule has 2 aromatic rings. The Bertz CT molecular complexity index is 598. The van der Waals surface area contributed by atoms with E-state index in [9.17, 15) is 0 Å². The average Bonchev–Trinajstić information content (AvgIpc) is 2.36. The summed E-state index contributed by atoms with van der Waals surface area (Å²) in [7, 11) is 0. The van der Waals surface area contributed by atoms with Crippen molar-refractivity contribution in [3.63, 3.8) is 0 Å². The number of hydrogen-bond donors (Lipinski definition) is 0. The number of benzene rings is 2. The van der Waals surface area contributed by atoms with Crippen molar-refractivity contribution < 1.29 is 0 Å². The van der Waals surface area contributed by atoms with E-state index in [0.717, 1.165) is 15.6 Å². The van der Waals surface area contributed by atoms with Gasteiger partial charge in [-0.05, 0) is 47.9 Å². The smallest absolute Gasteiger partial charge is 0.0637 e. The van der Waals surface area contributed by atoms with Crippen molar-refractivity contribution in [2.45, 2.75) is 11.8 Å². The fourth-order valence-electron chi connectivity index (χ4n) is 1.74. The fraction of sp³-hybridized carbons (Fsp3) is 0.143. The zero-order valence-electron chi connectivity index (χ0n) is 9.64. The van der Waals surface area contributed by atoms with Gasteiger partial charge in [-0.15, -0.1) is 11.6 Å². The maximum absolute atomic E-state index is 6.45. The predicted molar refractivity (Wildman–Crippen MR) is 87.9 cm³/mol. The van der Waals surface area contributed by atoms with Gasteiger partial charge in [0.2, 0.25) is 0 Å². The molecule has 0 aromatic heterocycles. The van der Waals surface area contributed by atoms with Gasteiger partial charge in [-0.25, -0.2) is 0 Å². The summed E-state index contributed by atoms with van der Waals surface area (Å²) in [5.41, 5.74) is 1.99. The molecule has 0 spiro atoms. The zero-order chi connectivity index (χ0) is 14.0. The first-order valence-electron chi connectivity index (χ1n) is 5.50. The molecular weight excluding hydrogens is 390 g/mol. The van der Waals surface area contributed by atoms with Gasteiger partial charge in [-0.3, -0.25) is 0 Å². The van der Waals surface area contributed by atoms with Gasteiger partial charge < -0.3 is 0 Å². The van der Waals surface area contributed by atoms with Gasteiger partial charge in [0.15, 0.2) is 0 Å². The van der Waals surface area contributed by atoms with Gasteiger partial charge >= 0.3 is 0 Å². The second-order valence-electron chi connectivity index (χ2n) is 4.09. The van der Waals surface area contributed by atoms with E-state index in [0.29, 0.717) is 21.5 Å². The first kappa shape index (κ1) is 15.5. The Morgan fingerprint density at radius 1 is 0.947 bits per heavy atom. The molecule has 0 saturated heterocycles. The summed E-state index contributed by atoms with van der Waals surface area (Å²) in [5.74, 6) is 0. The molecule has 0 amide bonds. The highest BCUT2D eigenvalue weighted by Crippen LogP contribution is 2.34. The minimum atomic E-state index is -0.190. The van der Waals surface area contributed by atoms with Crippen molar-refractivity contribution in [1.82, 2.24) is 0 Å². The van der Waals surface area contributed by atoms with E-state index in [2.05, 4.69) is 15.9 Å². The lowest BCUT2D eigenvalue weighted by Gasteiger charge is -2.13. The molecule has 19 heavy (non-hydrogen) atoms. The van der Waals surface area contributed by atoms with Crippen LogP contribution in [-0.2, 0) is 6.42 Å². The fourth-order valence-corrected chi connectivity index (χ4v) is 3.25. The molecule has 0 N–H and O–H groups in total. The van der Waals surface area contributed by atoms with Crippen molar-refractivity contribution >= 4 is 62.3 Å². The summed E-state index contributed by atoms with van der Waals surface area (Å²) in [6, 6.07) is 11.1. The van der Waals surface area contributed by atoms with Crippen LogP contribution in [0.3, 0.4) is 0 Å². The molecule has 0 heterocycles. The molecule has 2 rings (SSSR count). The van der Waals surface area contributed by atoms with Crippen LogP contribution in [0.15, 0.2) is 40.9 Å². The summed E-state index contributed by atoms with van der Waals surface area (Å²) in [6.45, 7) is 0. The first-order valence-corrected chi connectivity index (χ1v) is 7.86. The molecular formula is C14H9BrCl4. The van der Waals surface area contributed by atoms with Crippen LogP contribution in [0.25, 0.3) is 0 Å². The number of hydrogen-bond acceptors (Lipinski definition) is 0. The molecule has 100 valence electrons. The van der Waals surface area contributed by atoms with Gasteiger partial charge in [0, 0.05) is 9.50 Å². The highest BCUT2D eigenvalue weighted by atomic mass is 79.9. The highest BCUT2D eigenvalue weighted by molar-refractivity contribution is 9.10. The predicted octanol–water partition coefficient (Wildman–Crippen LogP) is 6.93. The van der Waals surface area contributed by atoms with Crippen LogP contribution in [0.1, 0.15) is 16.5 Å². The van der Waals surface area contributed by atoms with E-state index in [-0.39, 0.29) is 5.38 Å². The summed E-state index contributed by atoms with van der Waals surface area (Å²) in [4.78, 5) is 0. The second kappa shape index (κ2) is 6.69. The topological polar surface area (TPSA) is 0 Å². The average molecular weight is 399 g/mol. The van der Waals surface area contributed by atoms with Gasteiger partial charge in [0.05, 0.1) is 15.4 Å². The van der Waals surface area contributed by atoms with Gasteiger partial charge in [-0.1, -0.05) is 56.8 Å². The molecule has 1 atom stereocenters. The van der Waals surface area contributed by atoms with Crippen LogP contribution >= 0.6 is 62.3 Å². The molecule has 0 saturated carbocycles. The van der Waals surface area contributed by atoms with Gasteiger partial charge in [-0.2, -0.15) is 0 Å². The van der Waals surface area contributed by atoms with Crippen LogP contribution in [0.5, 0.6) is 0 Å². The molecule has 0 nitrogen and oxygen atoms in total. The van der Waals surface area contributed by atoms with E-state index in [4.69, 9.17) is 46.4 Å². The molecule has 0 aliphatic rings. The second-order valence-corrected chi connectivity index (χ2v) is 6.72. The molecule has 0 radical (unpaired) electrons. The third-order valence-electron chi connectivity index (χ3n) is 2.69. The molecule has 0 aliphatic carbocycles. The largest absolute Gasteiger partial charge is 0.117 e. The van der Waals surface area contributed by atoms with Crippen molar-refractivity contribution in [2.24, 2.45) is 0 Å². The minimum Gasteiger partial charge on any atom is -0.117 e. The monoisotopic (exact) mass is 396 g/mol. The molecule has 0 bridgehead atoms. The van der Waals surface area contributed by atoms with Crippen molar-refractivity contribution in [2.75, 3.05) is 0 Å². The van der Waals surface area contributed by atoms with E-state index >= 15 is 0 Å². The maximum atomic E-state index is 6.45. The Morgan fingerprint density at radius 2 is 1.68 bits per heavy atom. The van der Waals surface area contributed by atoms with Crippen molar-refractivity contribution in [1.29, 1.82) is 0 Å². The molecule has 2 aromatic carbocycles. The molecule has 5 heteroatoms. The van der Waals surface area contributed by atoms with Crippen LogP contribution in [0.2, 0.25) is 15.1 Å². The highest BCUT2D eigenvalue weighted by Gasteiger charge is 2.13. The quantitative estimate of drug-likeness (QED) is 0.491.